The Balaban J connectivity index is 1.91. The van der Waals surface area contributed by atoms with Gasteiger partial charge in [0.25, 0.3) is 11.7 Å². The normalized spacial score (nSPS) is 27.3. The lowest BCUT2D eigenvalue weighted by atomic mass is 9.78. The third-order valence-corrected chi connectivity index (χ3v) is 11.9. The Morgan fingerprint density at radius 3 is 2.24 bits per heavy atom. The SMILES string of the molecule is CO[C@@H]1C=CO[C@@]2(C)Oc3c(C)c(O)c4c(O)c(c(C=NOC/C=C(\C)CCC=C(C)C)c(O)c4c3C2=O)NC(=O)C(C)=CC=C[C@H](C)[C@H](O)[C@H](C)[C@H](O)[C@H](C)[C@H](OC(C)=O)[C@@H]1C. The van der Waals surface area contributed by atoms with Crippen LogP contribution < -0.4 is 10.1 Å². The lowest BCUT2D eigenvalue weighted by Gasteiger charge is -2.38. The Kier molecular flexibility index (Phi) is 16.8. The number of anilines is 1. The number of carbonyl (C=O) groups is 3. The fraction of sp³-hybridized carbons (Fsp3) is 0.500. The number of nitrogens with zero attached hydrogens (tertiary/aromatic N) is 1. The zero-order valence-electron chi connectivity index (χ0n) is 38.3. The number of ketones is 1. The zero-order chi connectivity index (χ0) is 47.1. The number of amides is 1. The number of benzene rings is 2. The lowest BCUT2D eigenvalue weighted by molar-refractivity contribution is -0.160. The first-order chi connectivity index (χ1) is 29.6. The number of nitrogens with one attached hydrogen (secondary N) is 1. The van der Waals surface area contributed by atoms with Gasteiger partial charge in [-0.2, -0.15) is 0 Å². The predicted octanol–water partition coefficient (Wildman–Crippen LogP) is 7.80. The second-order valence-corrected chi connectivity index (χ2v) is 17.0. The molecule has 0 unspecified atom stereocenters. The summed E-state index contributed by atoms with van der Waals surface area (Å²) < 4.78 is 23.6. The molecule has 5 rings (SSSR count). The van der Waals surface area contributed by atoms with Crippen LogP contribution in [0.1, 0.15) is 104 Å². The number of oxime groups is 1. The van der Waals surface area contributed by atoms with E-state index in [1.54, 1.807) is 39.8 Å². The van der Waals surface area contributed by atoms with E-state index >= 15 is 0 Å². The summed E-state index contributed by atoms with van der Waals surface area (Å²) in [6.45, 7) is 18.5. The molecular formula is C48H64N2O13. The molecule has 6 N–H and O–H groups in total. The molecule has 344 valence electrons. The number of phenols is 3. The van der Waals surface area contributed by atoms with E-state index in [-0.39, 0.29) is 51.1 Å². The number of rotatable bonds is 9. The minimum atomic E-state index is -2.07. The van der Waals surface area contributed by atoms with Gasteiger partial charge in [-0.1, -0.05) is 68.3 Å². The number of aliphatic hydroxyl groups excluding tert-OH is 2. The first-order valence-electron chi connectivity index (χ1n) is 21.1. The van der Waals surface area contributed by atoms with Gasteiger partial charge in [-0.05, 0) is 59.6 Å². The second-order valence-electron chi connectivity index (χ2n) is 17.0. The molecule has 15 heteroatoms. The van der Waals surface area contributed by atoms with Crippen LogP contribution in [0.3, 0.4) is 0 Å². The maximum Gasteiger partial charge on any atom is 0.312 e. The Morgan fingerprint density at radius 2 is 1.60 bits per heavy atom. The van der Waals surface area contributed by atoms with Gasteiger partial charge in [0.15, 0.2) is 5.75 Å². The topological polar surface area (TPSA) is 223 Å². The largest absolute Gasteiger partial charge is 0.507 e. The highest BCUT2D eigenvalue weighted by Gasteiger charge is 2.50. The van der Waals surface area contributed by atoms with Crippen molar-refractivity contribution in [3.8, 4) is 23.0 Å². The third-order valence-electron chi connectivity index (χ3n) is 11.9. The fourth-order valence-corrected chi connectivity index (χ4v) is 7.88. The fourth-order valence-electron chi connectivity index (χ4n) is 7.88. The molecule has 3 heterocycles. The maximum absolute atomic E-state index is 14.4. The van der Waals surface area contributed by atoms with Crippen LogP contribution in [0.15, 0.2) is 64.6 Å². The molecule has 3 aliphatic heterocycles. The standard InChI is InChI=1S/C48H64N2O13/c1-24(2)15-13-16-25(3)19-22-61-49-23-33-38-43(56)36-35(42(33)55)37-45(31(9)41(36)54)63-48(11,46(37)57)60-21-20-34(59-12)28(6)44(62-32(10)51)30(8)40(53)29(7)39(52)26(4)17-14-18-27(5)47(58)50-38/h14-15,17-21,23,26,28-30,34,39-40,44,52-56H,13,16,22H2,1-12H3,(H,50,58)/b17-14?,21-20?,25-19+,27-18?,49-23?/t26-,28+,29-,30-,34+,39-,40-,44+,48-/m0/s1. The van der Waals surface area contributed by atoms with Crippen LogP contribution in [0, 0.1) is 30.6 Å². The summed E-state index contributed by atoms with van der Waals surface area (Å²) in [5.74, 6) is -8.70. The van der Waals surface area contributed by atoms with Crippen LogP contribution in [-0.2, 0) is 28.6 Å². The van der Waals surface area contributed by atoms with Gasteiger partial charge in [-0.15, -0.1) is 0 Å². The van der Waals surface area contributed by atoms with Crippen LogP contribution in [0.4, 0.5) is 5.69 Å². The number of ether oxygens (including phenoxy) is 4. The van der Waals surface area contributed by atoms with Gasteiger partial charge >= 0.3 is 11.8 Å². The first kappa shape index (κ1) is 50.0. The van der Waals surface area contributed by atoms with Crippen LogP contribution in [0.2, 0.25) is 0 Å². The molecule has 0 fully saturated rings. The molecule has 0 saturated heterocycles. The van der Waals surface area contributed by atoms with Crippen molar-refractivity contribution in [2.24, 2.45) is 28.8 Å². The molecular weight excluding hydrogens is 813 g/mol. The van der Waals surface area contributed by atoms with Gasteiger partial charge in [0, 0.05) is 61.2 Å². The molecule has 0 radical (unpaired) electrons. The van der Waals surface area contributed by atoms with E-state index in [1.807, 2.05) is 26.8 Å². The van der Waals surface area contributed by atoms with Crippen LogP contribution in [0.5, 0.6) is 23.0 Å². The minimum Gasteiger partial charge on any atom is -0.507 e. The predicted molar refractivity (Wildman–Crippen MR) is 240 cm³/mol. The molecule has 9 atom stereocenters. The van der Waals surface area contributed by atoms with Gasteiger partial charge in [0.2, 0.25) is 0 Å². The molecule has 5 bridgehead atoms. The van der Waals surface area contributed by atoms with Gasteiger partial charge in [-0.3, -0.25) is 14.4 Å². The summed E-state index contributed by atoms with van der Waals surface area (Å²) in [4.78, 5) is 46.0. The molecule has 0 aliphatic carbocycles. The number of phenolic OH excluding ortho intramolecular Hbond substituents is 3. The maximum atomic E-state index is 14.4. The van der Waals surface area contributed by atoms with E-state index in [1.165, 1.54) is 58.8 Å². The van der Waals surface area contributed by atoms with Crippen molar-refractivity contribution < 1.29 is 63.7 Å². The van der Waals surface area contributed by atoms with Crippen LogP contribution in [-0.4, -0.2) is 93.3 Å². The summed E-state index contributed by atoms with van der Waals surface area (Å²) in [7, 11) is 1.43. The molecule has 63 heavy (non-hydrogen) atoms. The second kappa shape index (κ2) is 21.2. The minimum absolute atomic E-state index is 0.0306. The molecule has 2 aromatic carbocycles. The quantitative estimate of drug-likeness (QED) is 0.0270. The number of methoxy groups -OCH3 is 1. The number of aromatic hydroxyl groups is 3. The Labute approximate surface area is 369 Å². The molecule has 15 nitrogen and oxygen atoms in total. The van der Waals surface area contributed by atoms with Gasteiger partial charge in [-0.25, -0.2) is 0 Å². The smallest absolute Gasteiger partial charge is 0.312 e. The van der Waals surface area contributed by atoms with E-state index in [4.69, 9.17) is 23.8 Å². The van der Waals surface area contributed by atoms with Gasteiger partial charge in [0.05, 0.1) is 53.0 Å². The third kappa shape index (κ3) is 11.1. The molecule has 3 aliphatic rings. The summed E-state index contributed by atoms with van der Waals surface area (Å²) >= 11 is 0. The number of fused-ring (bicyclic) bond motifs is 14. The van der Waals surface area contributed by atoms with E-state index in [2.05, 4.69) is 16.5 Å². The van der Waals surface area contributed by atoms with Crippen LogP contribution >= 0.6 is 0 Å². The van der Waals surface area contributed by atoms with Gasteiger partial charge in [0.1, 0.15) is 30.0 Å². The Hall–Kier alpha value is -5.64. The van der Waals surface area contributed by atoms with Crippen molar-refractivity contribution in [1.29, 1.82) is 0 Å². The average molecular weight is 877 g/mol. The number of Topliss-reactive ketones (excluding diaryl/α,β-unsaturated/α-hetero) is 1. The van der Waals surface area contributed by atoms with Crippen molar-refractivity contribution in [3.63, 3.8) is 0 Å². The van der Waals surface area contributed by atoms with Crippen molar-refractivity contribution >= 4 is 40.3 Å². The number of aliphatic hydroxyl groups is 2. The Bertz CT molecular complexity index is 2230. The number of hydrogen-bond donors (Lipinski definition) is 6. The molecule has 0 spiro atoms. The van der Waals surface area contributed by atoms with Gasteiger partial charge < -0.3 is 54.6 Å². The summed E-state index contributed by atoms with van der Waals surface area (Å²) in [6, 6.07) is 0. The highest BCUT2D eigenvalue weighted by Crippen LogP contribution is 2.55. The van der Waals surface area contributed by atoms with E-state index < -0.39 is 88.8 Å². The highest BCUT2D eigenvalue weighted by atomic mass is 16.7. The number of carbonyl (C=O) groups excluding carboxylic acids is 3. The molecule has 2 aromatic rings. The zero-order valence-corrected chi connectivity index (χ0v) is 38.3. The summed E-state index contributed by atoms with van der Waals surface area (Å²) in [6.07, 6.45) is 10.2. The van der Waals surface area contributed by atoms with Crippen molar-refractivity contribution in [2.45, 2.75) is 119 Å². The average Bonchev–Trinajstić information content (AvgIpc) is 3.49. The highest BCUT2D eigenvalue weighted by molar-refractivity contribution is 6.23. The van der Waals surface area contributed by atoms with Crippen LogP contribution in [0.25, 0.3) is 10.8 Å². The first-order valence-corrected chi connectivity index (χ1v) is 21.1. The van der Waals surface area contributed by atoms with E-state index in [9.17, 15) is 39.9 Å². The number of allylic oxidation sites excluding steroid dienone is 5. The molecule has 0 saturated carbocycles. The van der Waals surface area contributed by atoms with Crippen molar-refractivity contribution in [2.75, 3.05) is 19.0 Å². The number of esters is 1. The monoisotopic (exact) mass is 876 g/mol. The summed E-state index contributed by atoms with van der Waals surface area (Å²) in [5, 5.41) is 64.4. The number of hydrogen-bond acceptors (Lipinski definition) is 14. The summed E-state index contributed by atoms with van der Waals surface area (Å²) in [5.41, 5.74) is 1.64. The molecule has 1 amide bonds. The van der Waals surface area contributed by atoms with Crippen molar-refractivity contribution in [1.82, 2.24) is 0 Å². The molecule has 0 aromatic heterocycles. The lowest BCUT2D eigenvalue weighted by Crippen LogP contribution is -2.46. The van der Waals surface area contributed by atoms with E-state index in [0.29, 0.717) is 0 Å². The Morgan fingerprint density at radius 1 is 0.921 bits per heavy atom. The van der Waals surface area contributed by atoms with E-state index in [0.717, 1.165) is 24.6 Å². The van der Waals surface area contributed by atoms with Crippen molar-refractivity contribution in [3.05, 3.63) is 76.1 Å².